The van der Waals surface area contributed by atoms with Gasteiger partial charge in [-0.25, -0.2) is 4.79 Å². The molecule has 2 unspecified atom stereocenters. The number of methoxy groups -OCH3 is 1. The Balaban J connectivity index is 2.74. The average Bonchev–Trinajstić information content (AvgIpc) is 2.39. The summed E-state index contributed by atoms with van der Waals surface area (Å²) in [5.41, 5.74) is 0. The number of ether oxygens (including phenoxy) is 3. The molecule has 1 fully saturated rings. The van der Waals surface area contributed by atoms with Gasteiger partial charge in [-0.05, 0) is 13.8 Å². The summed E-state index contributed by atoms with van der Waals surface area (Å²) >= 11 is 0. The minimum atomic E-state index is -0.752. The summed E-state index contributed by atoms with van der Waals surface area (Å²) in [6, 6.07) is 0. The molecule has 0 aromatic rings. The van der Waals surface area contributed by atoms with E-state index >= 15 is 0 Å². The third-order valence-corrected chi connectivity index (χ3v) is 1.79. The molecule has 1 saturated heterocycles. The molecule has 0 radical (unpaired) electrons. The van der Waals surface area contributed by atoms with Crippen LogP contribution in [0.2, 0.25) is 0 Å². The maximum Gasteiger partial charge on any atom is 0.338 e. The van der Waals surface area contributed by atoms with Crippen LogP contribution >= 0.6 is 0 Å². The topological polar surface area (TPSA) is 44.8 Å². The lowest BCUT2D eigenvalue weighted by Gasteiger charge is -2.15. The van der Waals surface area contributed by atoms with E-state index in [1.54, 1.807) is 13.8 Å². The second kappa shape index (κ2) is 3.47. The van der Waals surface area contributed by atoms with Gasteiger partial charge >= 0.3 is 5.97 Å². The first kappa shape index (κ1) is 10.2. The summed E-state index contributed by atoms with van der Waals surface area (Å²) in [5.74, 6) is -1.19. The molecule has 0 spiro atoms. The van der Waals surface area contributed by atoms with Gasteiger partial charge in [-0.1, -0.05) is 6.08 Å². The van der Waals surface area contributed by atoms with Gasteiger partial charge in [0, 0.05) is 0 Å². The Morgan fingerprint density at radius 1 is 1.54 bits per heavy atom. The predicted molar refractivity (Wildman–Crippen MR) is 46.0 cm³/mol. The van der Waals surface area contributed by atoms with Crippen LogP contribution in [0.25, 0.3) is 0 Å². The van der Waals surface area contributed by atoms with E-state index in [-0.39, 0.29) is 0 Å². The molecule has 0 aromatic carbocycles. The van der Waals surface area contributed by atoms with Crippen LogP contribution in [0.15, 0.2) is 12.7 Å². The second-order valence-electron chi connectivity index (χ2n) is 3.28. The smallest absolute Gasteiger partial charge is 0.338 e. The molecule has 0 amide bonds. The van der Waals surface area contributed by atoms with Crippen LogP contribution in [0, 0.1) is 0 Å². The molecule has 1 aliphatic rings. The van der Waals surface area contributed by atoms with Crippen LogP contribution in [0.3, 0.4) is 0 Å². The van der Waals surface area contributed by atoms with Gasteiger partial charge in [0.15, 0.2) is 11.9 Å². The Morgan fingerprint density at radius 2 is 2.15 bits per heavy atom. The minimum Gasteiger partial charge on any atom is -0.467 e. The lowest BCUT2D eigenvalue weighted by atomic mass is 10.2. The van der Waals surface area contributed by atoms with Crippen molar-refractivity contribution in [2.24, 2.45) is 0 Å². The highest BCUT2D eigenvalue weighted by molar-refractivity contribution is 5.76. The van der Waals surface area contributed by atoms with Crippen LogP contribution in [0.5, 0.6) is 0 Å². The third kappa shape index (κ3) is 2.08. The number of esters is 1. The molecule has 0 aliphatic carbocycles. The van der Waals surface area contributed by atoms with Gasteiger partial charge in [-0.3, -0.25) is 0 Å². The SMILES string of the molecule is C=CC1OC(C)(C)OC1C(=O)OC. The molecule has 4 heteroatoms. The van der Waals surface area contributed by atoms with Crippen LogP contribution in [0.4, 0.5) is 0 Å². The molecule has 1 rings (SSSR count). The molecular weight excluding hydrogens is 172 g/mol. The first-order valence-corrected chi connectivity index (χ1v) is 4.06. The number of rotatable bonds is 2. The Morgan fingerprint density at radius 3 is 2.62 bits per heavy atom. The van der Waals surface area contributed by atoms with Crippen LogP contribution < -0.4 is 0 Å². The summed E-state index contributed by atoms with van der Waals surface area (Å²) in [6.07, 6.45) is 0.413. The van der Waals surface area contributed by atoms with Crippen molar-refractivity contribution in [2.75, 3.05) is 7.11 Å². The largest absolute Gasteiger partial charge is 0.467 e. The highest BCUT2D eigenvalue weighted by atomic mass is 16.8. The van der Waals surface area contributed by atoms with Crippen molar-refractivity contribution in [3.8, 4) is 0 Å². The fourth-order valence-corrected chi connectivity index (χ4v) is 1.26. The van der Waals surface area contributed by atoms with Crippen molar-refractivity contribution in [1.29, 1.82) is 0 Å². The van der Waals surface area contributed by atoms with Crippen molar-refractivity contribution in [2.45, 2.75) is 31.8 Å². The zero-order chi connectivity index (χ0) is 10.1. The Labute approximate surface area is 77.5 Å². The number of hydrogen-bond donors (Lipinski definition) is 0. The summed E-state index contributed by atoms with van der Waals surface area (Å²) in [6.45, 7) is 7.05. The Hall–Kier alpha value is -0.870. The molecule has 13 heavy (non-hydrogen) atoms. The first-order valence-electron chi connectivity index (χ1n) is 4.06. The Bertz CT molecular complexity index is 222. The van der Waals surface area contributed by atoms with Crippen LogP contribution in [-0.4, -0.2) is 31.1 Å². The molecule has 0 aromatic heterocycles. The molecule has 4 nitrogen and oxygen atoms in total. The zero-order valence-corrected chi connectivity index (χ0v) is 8.07. The molecule has 0 N–H and O–H groups in total. The molecule has 0 saturated carbocycles. The number of carbonyl (C=O) groups is 1. The molecule has 74 valence electrons. The first-order chi connectivity index (χ1) is 6.00. The lowest BCUT2D eigenvalue weighted by molar-refractivity contribution is -0.167. The van der Waals surface area contributed by atoms with E-state index in [4.69, 9.17) is 9.47 Å². The molecule has 1 heterocycles. The van der Waals surface area contributed by atoms with Crippen molar-refractivity contribution in [3.63, 3.8) is 0 Å². The lowest BCUT2D eigenvalue weighted by Crippen LogP contribution is -2.31. The van der Waals surface area contributed by atoms with Gasteiger partial charge in [-0.2, -0.15) is 0 Å². The van der Waals surface area contributed by atoms with Gasteiger partial charge in [0.1, 0.15) is 6.10 Å². The van der Waals surface area contributed by atoms with E-state index in [2.05, 4.69) is 11.3 Å². The fourth-order valence-electron chi connectivity index (χ4n) is 1.26. The summed E-state index contributed by atoms with van der Waals surface area (Å²) in [7, 11) is 1.32. The maximum atomic E-state index is 11.2. The predicted octanol–water partition coefficient (Wildman–Crippen LogP) is 0.865. The van der Waals surface area contributed by atoms with Gasteiger partial charge < -0.3 is 14.2 Å². The van der Waals surface area contributed by atoms with Crippen LogP contribution in [0.1, 0.15) is 13.8 Å². The summed E-state index contributed by atoms with van der Waals surface area (Å²) < 4.78 is 15.3. The number of hydrogen-bond acceptors (Lipinski definition) is 4. The van der Waals surface area contributed by atoms with E-state index in [0.29, 0.717) is 0 Å². The van der Waals surface area contributed by atoms with Crippen molar-refractivity contribution in [1.82, 2.24) is 0 Å². The van der Waals surface area contributed by atoms with E-state index in [1.165, 1.54) is 13.2 Å². The zero-order valence-electron chi connectivity index (χ0n) is 8.07. The van der Waals surface area contributed by atoms with Crippen molar-refractivity contribution < 1.29 is 19.0 Å². The minimum absolute atomic E-state index is 0.428. The third-order valence-electron chi connectivity index (χ3n) is 1.79. The second-order valence-corrected chi connectivity index (χ2v) is 3.28. The molecular formula is C9H14O4. The standard InChI is InChI=1S/C9H14O4/c1-5-6-7(8(10)11-4)13-9(2,3)12-6/h5-7H,1H2,2-4H3. The molecule has 2 atom stereocenters. The van der Waals surface area contributed by atoms with Gasteiger partial charge in [0.2, 0.25) is 0 Å². The van der Waals surface area contributed by atoms with E-state index in [1.807, 2.05) is 0 Å². The van der Waals surface area contributed by atoms with Gasteiger partial charge in [0.05, 0.1) is 7.11 Å². The highest BCUT2D eigenvalue weighted by Gasteiger charge is 2.44. The van der Waals surface area contributed by atoms with E-state index in [0.717, 1.165) is 0 Å². The normalized spacial score (nSPS) is 31.3. The monoisotopic (exact) mass is 186 g/mol. The average molecular weight is 186 g/mol. The molecule has 1 aliphatic heterocycles. The quantitative estimate of drug-likeness (QED) is 0.474. The van der Waals surface area contributed by atoms with Gasteiger partial charge in [0.25, 0.3) is 0 Å². The maximum absolute atomic E-state index is 11.2. The van der Waals surface area contributed by atoms with E-state index in [9.17, 15) is 4.79 Å². The van der Waals surface area contributed by atoms with Crippen molar-refractivity contribution >= 4 is 5.97 Å². The summed E-state index contributed by atoms with van der Waals surface area (Å²) in [4.78, 5) is 11.2. The fraction of sp³-hybridized carbons (Fsp3) is 0.667. The highest BCUT2D eigenvalue weighted by Crippen LogP contribution is 2.29. The van der Waals surface area contributed by atoms with Crippen LogP contribution in [-0.2, 0) is 19.0 Å². The van der Waals surface area contributed by atoms with E-state index < -0.39 is 24.0 Å². The number of carbonyl (C=O) groups excluding carboxylic acids is 1. The summed E-state index contributed by atoms with van der Waals surface area (Å²) in [5, 5.41) is 0. The molecule has 0 bridgehead atoms. The Kier molecular flexibility index (Phi) is 2.73. The van der Waals surface area contributed by atoms with Crippen molar-refractivity contribution in [3.05, 3.63) is 12.7 Å². The van der Waals surface area contributed by atoms with Gasteiger partial charge in [-0.15, -0.1) is 6.58 Å².